The van der Waals surface area contributed by atoms with Crippen molar-refractivity contribution in [3.05, 3.63) is 40.8 Å². The van der Waals surface area contributed by atoms with Gasteiger partial charge in [0.25, 0.3) is 0 Å². The molecule has 0 aliphatic rings. The average Bonchev–Trinajstić information content (AvgIpc) is 2.83. The Morgan fingerprint density at radius 1 is 1.36 bits per heavy atom. The molecule has 0 aliphatic carbocycles. The first kappa shape index (κ1) is 17.2. The first-order valence-corrected chi connectivity index (χ1v) is 9.11. The number of halogens is 1. The minimum atomic E-state index is -1.24. The summed E-state index contributed by atoms with van der Waals surface area (Å²) in [6.45, 7) is 9.38. The van der Waals surface area contributed by atoms with Gasteiger partial charge in [0.2, 0.25) is 0 Å². The van der Waals surface area contributed by atoms with E-state index in [0.717, 1.165) is 16.1 Å². The lowest BCUT2D eigenvalue weighted by molar-refractivity contribution is 0.572. The van der Waals surface area contributed by atoms with Crippen LogP contribution in [0.2, 0.25) is 0 Å². The van der Waals surface area contributed by atoms with Crippen LogP contribution in [0.1, 0.15) is 45.0 Å². The van der Waals surface area contributed by atoms with E-state index in [2.05, 4.69) is 9.71 Å². The van der Waals surface area contributed by atoms with E-state index >= 15 is 0 Å². The Kier molecular flexibility index (Phi) is 5.14. The third-order valence-electron chi connectivity index (χ3n) is 3.31. The second-order valence-electron chi connectivity index (χ2n) is 6.22. The van der Waals surface area contributed by atoms with E-state index in [0.29, 0.717) is 5.56 Å². The molecule has 2 rings (SSSR count). The maximum Gasteiger partial charge on any atom is 0.128 e. The molecule has 1 aromatic carbocycles. The fraction of sp³-hybridized carbons (Fsp3) is 0.438. The largest absolute Gasteiger partial charge is 0.249 e. The van der Waals surface area contributed by atoms with Crippen LogP contribution in [0.25, 0.3) is 10.4 Å². The standard InChI is InChI=1S/C16H21FN2OS2/c1-10(19-22(20)16(3,4)5)13-7-6-12(8-14(13)17)15-11(2)18-9-21-15/h6-10,19H,1-5H3/t10-,22-/m0/s1. The SMILES string of the molecule is Cc1ncsc1-c1ccc([C@H](C)N[S@@](=O)C(C)(C)C)c(F)c1. The third kappa shape index (κ3) is 3.80. The molecular formula is C16H21FN2OS2. The second kappa shape index (κ2) is 6.56. The first-order chi connectivity index (χ1) is 10.2. The molecule has 22 heavy (non-hydrogen) atoms. The molecule has 1 N–H and O–H groups in total. The van der Waals surface area contributed by atoms with Crippen molar-refractivity contribution < 1.29 is 8.60 Å². The summed E-state index contributed by atoms with van der Waals surface area (Å²) in [5.41, 5.74) is 4.00. The predicted molar refractivity (Wildman–Crippen MR) is 91.7 cm³/mol. The van der Waals surface area contributed by atoms with Gasteiger partial charge in [-0.3, -0.25) is 0 Å². The molecule has 120 valence electrons. The molecule has 0 spiro atoms. The number of nitrogens with zero attached hydrogens (tertiary/aromatic N) is 1. The lowest BCUT2D eigenvalue weighted by Gasteiger charge is -2.22. The highest BCUT2D eigenvalue weighted by atomic mass is 32.2. The summed E-state index contributed by atoms with van der Waals surface area (Å²) in [6.07, 6.45) is 0. The van der Waals surface area contributed by atoms with E-state index in [1.807, 2.05) is 40.7 Å². The molecule has 6 heteroatoms. The number of hydrogen-bond acceptors (Lipinski definition) is 3. The second-order valence-corrected chi connectivity index (χ2v) is 9.08. The molecule has 0 aliphatic heterocycles. The molecule has 2 atom stereocenters. The van der Waals surface area contributed by atoms with Gasteiger partial charge in [-0.25, -0.2) is 18.3 Å². The normalized spacial score (nSPS) is 14.8. The molecule has 0 unspecified atom stereocenters. The summed E-state index contributed by atoms with van der Waals surface area (Å²) in [5, 5.41) is 0. The molecule has 0 radical (unpaired) electrons. The molecule has 2 aromatic rings. The summed E-state index contributed by atoms with van der Waals surface area (Å²) in [6, 6.07) is 4.84. The summed E-state index contributed by atoms with van der Waals surface area (Å²) in [7, 11) is -1.24. The Balaban J connectivity index is 2.23. The smallest absolute Gasteiger partial charge is 0.128 e. The van der Waals surface area contributed by atoms with Gasteiger partial charge >= 0.3 is 0 Å². The molecule has 3 nitrogen and oxygen atoms in total. The van der Waals surface area contributed by atoms with Crippen molar-refractivity contribution in [3.8, 4) is 10.4 Å². The van der Waals surface area contributed by atoms with Crippen LogP contribution in [-0.4, -0.2) is 13.9 Å². The Morgan fingerprint density at radius 2 is 2.05 bits per heavy atom. The Labute approximate surface area is 137 Å². The van der Waals surface area contributed by atoms with Gasteiger partial charge in [-0.2, -0.15) is 0 Å². The van der Waals surface area contributed by atoms with Crippen LogP contribution >= 0.6 is 11.3 Å². The maximum atomic E-state index is 14.4. The van der Waals surface area contributed by atoms with Crippen molar-refractivity contribution in [1.82, 2.24) is 9.71 Å². The lowest BCUT2D eigenvalue weighted by Crippen LogP contribution is -2.35. The molecular weight excluding hydrogens is 319 g/mol. The van der Waals surface area contributed by atoms with Crippen LogP contribution in [0, 0.1) is 12.7 Å². The minimum absolute atomic E-state index is 0.295. The van der Waals surface area contributed by atoms with Gasteiger partial charge in [-0.15, -0.1) is 11.3 Å². The maximum absolute atomic E-state index is 14.4. The molecule has 1 heterocycles. The van der Waals surface area contributed by atoms with Gasteiger partial charge < -0.3 is 0 Å². The van der Waals surface area contributed by atoms with Crippen molar-refractivity contribution in [3.63, 3.8) is 0 Å². The zero-order valence-electron chi connectivity index (χ0n) is 13.4. The Morgan fingerprint density at radius 3 is 2.55 bits per heavy atom. The van der Waals surface area contributed by atoms with Crippen molar-refractivity contribution in [2.45, 2.75) is 45.4 Å². The number of nitrogens with one attached hydrogen (secondary N) is 1. The first-order valence-electron chi connectivity index (χ1n) is 7.08. The third-order valence-corrected chi connectivity index (χ3v) is 5.97. The Hall–Kier alpha value is -1.11. The van der Waals surface area contributed by atoms with Crippen LogP contribution < -0.4 is 4.72 Å². The van der Waals surface area contributed by atoms with E-state index in [9.17, 15) is 8.60 Å². The summed E-state index contributed by atoms with van der Waals surface area (Å²) >= 11 is 1.50. The van der Waals surface area contributed by atoms with Gasteiger partial charge in [0.1, 0.15) is 5.82 Å². The van der Waals surface area contributed by atoms with E-state index < -0.39 is 11.0 Å². The molecule has 0 saturated carbocycles. The average molecular weight is 340 g/mol. The predicted octanol–water partition coefficient (Wildman–Crippen LogP) is 4.37. The summed E-state index contributed by atoms with van der Waals surface area (Å²) < 4.78 is 29.1. The van der Waals surface area contributed by atoms with Gasteiger partial charge in [0.05, 0.1) is 31.8 Å². The van der Waals surface area contributed by atoms with Crippen LogP contribution in [0.5, 0.6) is 0 Å². The van der Waals surface area contributed by atoms with Gasteiger partial charge in [0, 0.05) is 11.6 Å². The van der Waals surface area contributed by atoms with Crippen molar-refractivity contribution >= 4 is 22.3 Å². The number of aryl methyl sites for hydroxylation is 1. The van der Waals surface area contributed by atoms with Crippen LogP contribution in [0.15, 0.2) is 23.7 Å². The number of rotatable bonds is 4. The van der Waals surface area contributed by atoms with Gasteiger partial charge in [-0.1, -0.05) is 12.1 Å². The summed E-state index contributed by atoms with van der Waals surface area (Å²) in [5.74, 6) is -0.295. The Bertz CT molecular complexity index is 692. The van der Waals surface area contributed by atoms with E-state index in [1.165, 1.54) is 17.4 Å². The number of thiazole rings is 1. The van der Waals surface area contributed by atoms with Gasteiger partial charge in [0.15, 0.2) is 0 Å². The zero-order valence-corrected chi connectivity index (χ0v) is 15.1. The van der Waals surface area contributed by atoms with E-state index in [1.54, 1.807) is 11.6 Å². The monoisotopic (exact) mass is 340 g/mol. The molecule has 0 bridgehead atoms. The fourth-order valence-electron chi connectivity index (χ4n) is 2.00. The molecule has 0 amide bonds. The highest BCUT2D eigenvalue weighted by molar-refractivity contribution is 7.84. The number of aromatic nitrogens is 1. The molecule has 1 aromatic heterocycles. The van der Waals surface area contributed by atoms with E-state index in [-0.39, 0.29) is 16.6 Å². The quantitative estimate of drug-likeness (QED) is 0.898. The lowest BCUT2D eigenvalue weighted by atomic mass is 10.0. The van der Waals surface area contributed by atoms with Crippen molar-refractivity contribution in [1.29, 1.82) is 0 Å². The van der Waals surface area contributed by atoms with Crippen LogP contribution in [-0.2, 0) is 11.0 Å². The van der Waals surface area contributed by atoms with Crippen molar-refractivity contribution in [2.75, 3.05) is 0 Å². The molecule has 0 fully saturated rings. The van der Waals surface area contributed by atoms with Crippen molar-refractivity contribution in [2.24, 2.45) is 0 Å². The van der Waals surface area contributed by atoms with Crippen LogP contribution in [0.3, 0.4) is 0 Å². The zero-order chi connectivity index (χ0) is 16.5. The number of benzene rings is 1. The number of hydrogen-bond donors (Lipinski definition) is 1. The topological polar surface area (TPSA) is 42.0 Å². The minimum Gasteiger partial charge on any atom is -0.249 e. The van der Waals surface area contributed by atoms with Gasteiger partial charge in [-0.05, 0) is 46.2 Å². The highest BCUT2D eigenvalue weighted by Crippen LogP contribution is 2.30. The van der Waals surface area contributed by atoms with E-state index in [4.69, 9.17) is 0 Å². The highest BCUT2D eigenvalue weighted by Gasteiger charge is 2.23. The summed E-state index contributed by atoms with van der Waals surface area (Å²) in [4.78, 5) is 5.17. The molecule has 0 saturated heterocycles. The fourth-order valence-corrected chi connectivity index (χ4v) is 3.60. The van der Waals surface area contributed by atoms with Crippen LogP contribution in [0.4, 0.5) is 4.39 Å².